The summed E-state index contributed by atoms with van der Waals surface area (Å²) in [6.45, 7) is 10.9. The molecule has 0 heterocycles. The number of carbonyl (C=O) groups excluding carboxylic acids is 1. The van der Waals surface area contributed by atoms with Gasteiger partial charge in [-0.25, -0.2) is 0 Å². The molecule has 1 atom stereocenters. The van der Waals surface area contributed by atoms with E-state index < -0.39 is 17.1 Å². The van der Waals surface area contributed by atoms with E-state index in [0.29, 0.717) is 22.7 Å². The molecule has 26 heavy (non-hydrogen) atoms. The highest BCUT2D eigenvalue weighted by Crippen LogP contribution is 2.49. The number of carbonyl (C=O) groups is 1. The van der Waals surface area contributed by atoms with Crippen LogP contribution >= 0.6 is 0 Å². The van der Waals surface area contributed by atoms with Gasteiger partial charge in [-0.05, 0) is 29.5 Å². The van der Waals surface area contributed by atoms with E-state index in [1.807, 2.05) is 6.92 Å². The fourth-order valence-corrected chi connectivity index (χ4v) is 12.3. The molecule has 0 amide bonds. The van der Waals surface area contributed by atoms with Crippen LogP contribution in [0.5, 0.6) is 0 Å². The Bertz CT molecular complexity index is 415. The quantitative estimate of drug-likeness (QED) is 0.472. The molecule has 1 unspecified atom stereocenters. The zero-order valence-electron chi connectivity index (χ0n) is 18.1. The van der Waals surface area contributed by atoms with Crippen LogP contribution in [0.25, 0.3) is 0 Å². The molecule has 1 aliphatic rings. The van der Waals surface area contributed by atoms with E-state index in [4.69, 9.17) is 17.7 Å². The molecule has 0 saturated heterocycles. The van der Waals surface area contributed by atoms with Gasteiger partial charge in [0.25, 0.3) is 14.3 Å². The second-order valence-corrected chi connectivity index (χ2v) is 16.4. The average Bonchev–Trinajstić information content (AvgIpc) is 2.64. The van der Waals surface area contributed by atoms with Crippen LogP contribution in [0.1, 0.15) is 66.7 Å². The zero-order valence-corrected chi connectivity index (χ0v) is 20.1. The molecule has 1 saturated carbocycles. The van der Waals surface area contributed by atoms with Gasteiger partial charge in [0.1, 0.15) is 0 Å². The summed E-state index contributed by atoms with van der Waals surface area (Å²) in [5, 5.41) is 0. The maximum atomic E-state index is 13.1. The summed E-state index contributed by atoms with van der Waals surface area (Å²) in [5.41, 5.74) is 1.40. The Kier molecular flexibility index (Phi) is 9.49. The fourth-order valence-electron chi connectivity index (χ4n) is 4.72. The van der Waals surface area contributed by atoms with Crippen molar-refractivity contribution >= 4 is 23.1 Å². The summed E-state index contributed by atoms with van der Waals surface area (Å²) in [5.74, 6) is -0.401. The Morgan fingerprint density at radius 1 is 0.885 bits per heavy atom. The zero-order chi connectivity index (χ0) is 20.0. The summed E-state index contributed by atoms with van der Waals surface area (Å²) >= 11 is 0. The molecule has 0 aliphatic heterocycles. The van der Waals surface area contributed by atoms with Crippen LogP contribution in [0.4, 0.5) is 0 Å². The van der Waals surface area contributed by atoms with E-state index >= 15 is 0 Å². The Morgan fingerprint density at radius 3 is 1.73 bits per heavy atom. The molecule has 1 rings (SSSR count). The number of hydrogen-bond donors (Lipinski definition) is 0. The second-order valence-electron chi connectivity index (χ2n) is 8.32. The Hall–Kier alpha value is -0.216. The SMILES string of the molecule is CO[Si](CC(C)C(=O)O[Si](C(C)C)(C(C)C)C1CCCCC1)(OC)OC. The van der Waals surface area contributed by atoms with Crippen LogP contribution in [0.15, 0.2) is 0 Å². The van der Waals surface area contributed by atoms with Gasteiger partial charge >= 0.3 is 8.80 Å². The molecule has 1 aliphatic carbocycles. The minimum absolute atomic E-state index is 0.104. The van der Waals surface area contributed by atoms with Gasteiger partial charge in [-0.3, -0.25) is 4.79 Å². The highest BCUT2D eigenvalue weighted by atomic mass is 28.4. The van der Waals surface area contributed by atoms with Gasteiger partial charge in [-0.2, -0.15) is 0 Å². The van der Waals surface area contributed by atoms with Gasteiger partial charge < -0.3 is 17.7 Å². The third kappa shape index (κ3) is 5.19. The summed E-state index contributed by atoms with van der Waals surface area (Å²) in [6.07, 6.45) is 6.25. The first kappa shape index (κ1) is 23.8. The Morgan fingerprint density at radius 2 is 1.35 bits per heavy atom. The molecule has 1 fully saturated rings. The lowest BCUT2D eigenvalue weighted by Crippen LogP contribution is -2.53. The normalized spacial score (nSPS) is 18.4. The van der Waals surface area contributed by atoms with Gasteiger partial charge in [0, 0.05) is 27.4 Å². The van der Waals surface area contributed by atoms with Crippen LogP contribution in [0.2, 0.25) is 22.7 Å². The highest BCUT2D eigenvalue weighted by molar-refractivity contribution is 6.79. The molecule has 0 bridgehead atoms. The summed E-state index contributed by atoms with van der Waals surface area (Å²) < 4.78 is 23.0. The van der Waals surface area contributed by atoms with Crippen LogP contribution in [0.3, 0.4) is 0 Å². The maximum Gasteiger partial charge on any atom is 0.501 e. The van der Waals surface area contributed by atoms with Crippen molar-refractivity contribution < 1.29 is 22.5 Å². The predicted octanol–water partition coefficient (Wildman–Crippen LogP) is 5.14. The molecule has 5 nitrogen and oxygen atoms in total. The molecule has 7 heteroatoms. The van der Waals surface area contributed by atoms with Crippen molar-refractivity contribution in [1.29, 1.82) is 0 Å². The topological polar surface area (TPSA) is 54.0 Å². The van der Waals surface area contributed by atoms with E-state index in [0.717, 1.165) is 0 Å². The molecule has 0 radical (unpaired) electrons. The Labute approximate surface area is 162 Å². The van der Waals surface area contributed by atoms with Crippen LogP contribution in [-0.4, -0.2) is 44.4 Å². The van der Waals surface area contributed by atoms with Crippen LogP contribution in [-0.2, 0) is 22.5 Å². The Balaban J connectivity index is 3.01. The minimum Gasteiger partial charge on any atom is -0.518 e. The smallest absolute Gasteiger partial charge is 0.501 e. The third-order valence-corrected chi connectivity index (χ3v) is 15.2. The largest absolute Gasteiger partial charge is 0.518 e. The average molecular weight is 405 g/mol. The molecule has 0 aromatic carbocycles. The first-order chi connectivity index (χ1) is 12.2. The molecule has 0 aromatic heterocycles. The number of rotatable bonds is 10. The van der Waals surface area contributed by atoms with E-state index in [1.165, 1.54) is 32.1 Å². The van der Waals surface area contributed by atoms with E-state index in [2.05, 4.69) is 27.7 Å². The first-order valence-electron chi connectivity index (χ1n) is 10.1. The van der Waals surface area contributed by atoms with Gasteiger partial charge in [-0.15, -0.1) is 0 Å². The molecular formula is C19H40O5Si2. The van der Waals surface area contributed by atoms with E-state index in [1.54, 1.807) is 21.3 Å². The van der Waals surface area contributed by atoms with Crippen molar-refractivity contribution in [3.8, 4) is 0 Å². The van der Waals surface area contributed by atoms with Crippen molar-refractivity contribution in [2.24, 2.45) is 5.92 Å². The number of hydrogen-bond acceptors (Lipinski definition) is 5. The second kappa shape index (κ2) is 10.4. The molecule has 0 N–H and O–H groups in total. The van der Waals surface area contributed by atoms with Gasteiger partial charge in [0.15, 0.2) is 0 Å². The van der Waals surface area contributed by atoms with Crippen molar-refractivity contribution in [2.45, 2.75) is 89.4 Å². The van der Waals surface area contributed by atoms with Gasteiger partial charge in [0.05, 0.1) is 5.92 Å². The first-order valence-corrected chi connectivity index (χ1v) is 14.1. The summed E-state index contributed by atoms with van der Waals surface area (Å²) in [6, 6.07) is 0.445. The minimum atomic E-state index is -2.80. The van der Waals surface area contributed by atoms with E-state index in [-0.39, 0.29) is 11.9 Å². The predicted molar refractivity (Wildman–Crippen MR) is 110 cm³/mol. The molecular weight excluding hydrogens is 364 g/mol. The van der Waals surface area contributed by atoms with Crippen LogP contribution in [0, 0.1) is 5.92 Å². The van der Waals surface area contributed by atoms with Crippen molar-refractivity contribution in [3.63, 3.8) is 0 Å². The third-order valence-electron chi connectivity index (χ3n) is 6.22. The van der Waals surface area contributed by atoms with E-state index in [9.17, 15) is 4.79 Å². The van der Waals surface area contributed by atoms with Gasteiger partial charge in [-0.1, -0.05) is 53.9 Å². The van der Waals surface area contributed by atoms with Crippen molar-refractivity contribution in [3.05, 3.63) is 0 Å². The highest BCUT2D eigenvalue weighted by Gasteiger charge is 2.52. The lowest BCUT2D eigenvalue weighted by molar-refractivity contribution is -0.139. The van der Waals surface area contributed by atoms with Crippen LogP contribution < -0.4 is 0 Å². The molecule has 0 aromatic rings. The maximum absolute atomic E-state index is 13.1. The molecule has 0 spiro atoms. The van der Waals surface area contributed by atoms with Crippen molar-refractivity contribution in [1.82, 2.24) is 0 Å². The monoisotopic (exact) mass is 404 g/mol. The summed E-state index contributed by atoms with van der Waals surface area (Å²) in [7, 11) is -0.284. The lowest BCUT2D eigenvalue weighted by Gasteiger charge is -2.46. The van der Waals surface area contributed by atoms with Gasteiger partial charge in [0.2, 0.25) is 0 Å². The lowest BCUT2D eigenvalue weighted by atomic mass is 10.0. The standard InChI is InChI=1S/C19H40O5Si2/c1-15(2)26(16(3)4,18-12-10-9-11-13-18)24-19(20)17(5)14-25(21-6,22-7)23-8/h15-18H,9-14H2,1-8H3. The van der Waals surface area contributed by atoms with Crippen molar-refractivity contribution in [2.75, 3.05) is 21.3 Å². The molecule has 154 valence electrons. The summed E-state index contributed by atoms with van der Waals surface area (Å²) in [4.78, 5) is 13.1. The fraction of sp³-hybridized carbons (Fsp3) is 0.947.